The fourth-order valence-electron chi connectivity index (χ4n) is 2.72. The summed E-state index contributed by atoms with van der Waals surface area (Å²) >= 11 is 0. The summed E-state index contributed by atoms with van der Waals surface area (Å²) in [6.45, 7) is 7.77. The Labute approximate surface area is 153 Å². The van der Waals surface area contributed by atoms with E-state index in [0.29, 0.717) is 39.3 Å². The van der Waals surface area contributed by atoms with E-state index in [-0.39, 0.29) is 11.8 Å². The minimum absolute atomic E-state index is 0.222. The number of rotatable bonds is 5. The van der Waals surface area contributed by atoms with Crippen molar-refractivity contribution in [3.63, 3.8) is 0 Å². The van der Waals surface area contributed by atoms with Crippen LogP contribution in [0.15, 0.2) is 23.2 Å². The lowest BCUT2D eigenvalue weighted by Gasteiger charge is -2.35. The van der Waals surface area contributed by atoms with Crippen molar-refractivity contribution >= 4 is 12.1 Å². The summed E-state index contributed by atoms with van der Waals surface area (Å²) in [6, 6.07) is 4.84. The molecule has 0 atom stereocenters. The van der Waals surface area contributed by atoms with Gasteiger partial charge in [-0.2, -0.15) is 0 Å². The summed E-state index contributed by atoms with van der Waals surface area (Å²) in [5, 5.41) is 3.25. The van der Waals surface area contributed by atoms with Crippen LogP contribution in [0.25, 0.3) is 0 Å². The third-order valence-electron chi connectivity index (χ3n) is 4.07. The van der Waals surface area contributed by atoms with E-state index in [1.54, 1.807) is 24.0 Å². The van der Waals surface area contributed by atoms with Gasteiger partial charge in [-0.25, -0.2) is 14.2 Å². The van der Waals surface area contributed by atoms with E-state index in [1.807, 2.05) is 6.92 Å². The molecule has 1 aromatic carbocycles. The molecule has 1 aromatic rings. The van der Waals surface area contributed by atoms with Gasteiger partial charge in [0, 0.05) is 32.7 Å². The van der Waals surface area contributed by atoms with Crippen LogP contribution >= 0.6 is 0 Å². The molecule has 0 saturated carbocycles. The van der Waals surface area contributed by atoms with Gasteiger partial charge in [0.1, 0.15) is 0 Å². The average molecular weight is 366 g/mol. The lowest BCUT2D eigenvalue weighted by atomic mass is 10.2. The molecule has 8 heteroatoms. The lowest BCUT2D eigenvalue weighted by Crippen LogP contribution is -2.53. The minimum atomic E-state index is -0.395. The van der Waals surface area contributed by atoms with Gasteiger partial charge in [0.25, 0.3) is 0 Å². The van der Waals surface area contributed by atoms with Gasteiger partial charge in [-0.05, 0) is 31.5 Å². The highest BCUT2D eigenvalue weighted by molar-refractivity contribution is 5.80. The first-order valence-corrected chi connectivity index (χ1v) is 8.86. The maximum Gasteiger partial charge on any atom is 0.409 e. The molecule has 0 unspecified atom stereocenters. The van der Waals surface area contributed by atoms with Crippen molar-refractivity contribution in [1.29, 1.82) is 0 Å². The quantitative estimate of drug-likeness (QED) is 0.638. The highest BCUT2D eigenvalue weighted by atomic mass is 19.1. The van der Waals surface area contributed by atoms with E-state index in [0.717, 1.165) is 18.1 Å². The Balaban J connectivity index is 1.99. The summed E-state index contributed by atoms with van der Waals surface area (Å²) in [5.41, 5.74) is 0.767. The predicted octanol–water partition coefficient (Wildman–Crippen LogP) is 2.07. The maximum atomic E-state index is 13.8. The number of carbonyl (C=O) groups is 1. The Morgan fingerprint density at radius 3 is 2.50 bits per heavy atom. The minimum Gasteiger partial charge on any atom is -0.494 e. The second-order valence-corrected chi connectivity index (χ2v) is 5.81. The molecular weight excluding hydrogens is 339 g/mol. The van der Waals surface area contributed by atoms with Crippen LogP contribution in [0, 0.1) is 5.82 Å². The molecule has 1 amide bonds. The van der Waals surface area contributed by atoms with Crippen LogP contribution in [-0.2, 0) is 11.3 Å². The van der Waals surface area contributed by atoms with E-state index >= 15 is 0 Å². The number of benzene rings is 1. The molecule has 1 heterocycles. The zero-order valence-electron chi connectivity index (χ0n) is 15.6. The normalized spacial score (nSPS) is 15.0. The molecule has 0 aliphatic carbocycles. The van der Waals surface area contributed by atoms with Gasteiger partial charge in [0.05, 0.1) is 20.3 Å². The Bertz CT molecular complexity index is 631. The molecule has 1 saturated heterocycles. The van der Waals surface area contributed by atoms with Crippen LogP contribution in [0.1, 0.15) is 19.4 Å². The summed E-state index contributed by atoms with van der Waals surface area (Å²) in [4.78, 5) is 20.2. The SMILES string of the molecule is CCNC(=NCc1ccc(OC)c(F)c1)N1CCN(C(=O)OCC)CC1. The van der Waals surface area contributed by atoms with E-state index < -0.39 is 5.82 Å². The molecule has 0 aromatic heterocycles. The number of guanidine groups is 1. The summed E-state index contributed by atoms with van der Waals surface area (Å²) in [5.74, 6) is 0.584. The molecule has 1 fully saturated rings. The second kappa shape index (κ2) is 9.84. The molecule has 2 rings (SSSR count). The fourth-order valence-corrected chi connectivity index (χ4v) is 2.72. The summed E-state index contributed by atoms with van der Waals surface area (Å²) < 4.78 is 23.8. The van der Waals surface area contributed by atoms with Gasteiger partial charge < -0.3 is 24.6 Å². The lowest BCUT2D eigenvalue weighted by molar-refractivity contribution is 0.0914. The molecular formula is C18H27FN4O3. The fraction of sp³-hybridized carbons (Fsp3) is 0.556. The van der Waals surface area contributed by atoms with Crippen LogP contribution in [-0.4, -0.2) is 68.3 Å². The molecule has 26 heavy (non-hydrogen) atoms. The van der Waals surface area contributed by atoms with E-state index in [2.05, 4.69) is 15.2 Å². The smallest absolute Gasteiger partial charge is 0.409 e. The van der Waals surface area contributed by atoms with Crippen LogP contribution in [0.2, 0.25) is 0 Å². The van der Waals surface area contributed by atoms with Crippen molar-refractivity contribution in [3.05, 3.63) is 29.6 Å². The monoisotopic (exact) mass is 366 g/mol. The molecule has 144 valence electrons. The maximum absolute atomic E-state index is 13.8. The van der Waals surface area contributed by atoms with E-state index in [9.17, 15) is 9.18 Å². The van der Waals surface area contributed by atoms with Crippen LogP contribution in [0.5, 0.6) is 5.75 Å². The van der Waals surface area contributed by atoms with Gasteiger partial charge in [-0.1, -0.05) is 6.07 Å². The number of carbonyl (C=O) groups excluding carboxylic acids is 1. The Hall–Kier alpha value is -2.51. The van der Waals surface area contributed by atoms with Crippen molar-refractivity contribution in [1.82, 2.24) is 15.1 Å². The number of nitrogens with one attached hydrogen (secondary N) is 1. The molecule has 0 bridgehead atoms. The topological polar surface area (TPSA) is 66.4 Å². The van der Waals surface area contributed by atoms with Gasteiger partial charge in [0.2, 0.25) is 0 Å². The van der Waals surface area contributed by atoms with Crippen LogP contribution in [0.4, 0.5) is 9.18 Å². The third kappa shape index (κ3) is 5.24. The van der Waals surface area contributed by atoms with Crippen molar-refractivity contribution in [3.8, 4) is 5.75 Å². The number of hydrogen-bond donors (Lipinski definition) is 1. The van der Waals surface area contributed by atoms with Gasteiger partial charge in [-0.3, -0.25) is 0 Å². The average Bonchev–Trinajstić information content (AvgIpc) is 2.65. The van der Waals surface area contributed by atoms with Gasteiger partial charge in [0.15, 0.2) is 17.5 Å². The number of methoxy groups -OCH3 is 1. The molecule has 0 spiro atoms. The zero-order valence-corrected chi connectivity index (χ0v) is 15.6. The molecule has 1 N–H and O–H groups in total. The van der Waals surface area contributed by atoms with Crippen molar-refractivity contribution in [2.45, 2.75) is 20.4 Å². The molecule has 1 aliphatic heterocycles. The summed E-state index contributed by atoms with van der Waals surface area (Å²) in [6.07, 6.45) is -0.275. The highest BCUT2D eigenvalue weighted by Crippen LogP contribution is 2.18. The third-order valence-corrected chi connectivity index (χ3v) is 4.07. The van der Waals surface area contributed by atoms with Gasteiger partial charge >= 0.3 is 6.09 Å². The zero-order chi connectivity index (χ0) is 18.9. The van der Waals surface area contributed by atoms with Crippen LogP contribution in [0.3, 0.4) is 0 Å². The highest BCUT2D eigenvalue weighted by Gasteiger charge is 2.23. The number of aliphatic imine (C=N–C) groups is 1. The number of halogens is 1. The van der Waals surface area contributed by atoms with Crippen LogP contribution < -0.4 is 10.1 Å². The molecule has 7 nitrogen and oxygen atoms in total. The van der Waals surface area contributed by atoms with Crippen molar-refractivity contribution in [2.75, 3.05) is 46.4 Å². The number of ether oxygens (including phenoxy) is 2. The van der Waals surface area contributed by atoms with Crippen molar-refractivity contribution in [2.24, 2.45) is 4.99 Å². The largest absolute Gasteiger partial charge is 0.494 e. The second-order valence-electron chi connectivity index (χ2n) is 5.81. The predicted molar refractivity (Wildman–Crippen MR) is 97.9 cm³/mol. The standard InChI is InChI=1S/C18H27FN4O3/c1-4-20-17(21-13-14-6-7-16(25-3)15(19)12-14)22-8-10-23(11-9-22)18(24)26-5-2/h6-7,12H,4-5,8-11,13H2,1-3H3,(H,20,21). The molecule has 0 radical (unpaired) electrons. The Morgan fingerprint density at radius 2 is 1.92 bits per heavy atom. The molecule has 1 aliphatic rings. The van der Waals surface area contributed by atoms with E-state index in [4.69, 9.17) is 9.47 Å². The Kier molecular flexibility index (Phi) is 7.50. The first-order chi connectivity index (χ1) is 12.6. The number of hydrogen-bond acceptors (Lipinski definition) is 4. The van der Waals surface area contributed by atoms with Crippen molar-refractivity contribution < 1.29 is 18.7 Å². The number of amides is 1. The Morgan fingerprint density at radius 1 is 1.23 bits per heavy atom. The first kappa shape index (κ1) is 19.8. The number of nitrogens with zero attached hydrogens (tertiary/aromatic N) is 3. The summed E-state index contributed by atoms with van der Waals surface area (Å²) in [7, 11) is 1.44. The first-order valence-electron chi connectivity index (χ1n) is 8.86. The van der Waals surface area contributed by atoms with Gasteiger partial charge in [-0.15, -0.1) is 0 Å². The van der Waals surface area contributed by atoms with E-state index in [1.165, 1.54) is 13.2 Å². The number of piperazine rings is 1.